The third-order valence-corrected chi connectivity index (χ3v) is 3.77. The maximum Gasteiger partial charge on any atom is 0.256 e. The van der Waals surface area contributed by atoms with Crippen LogP contribution in [0.15, 0.2) is 30.3 Å². The monoisotopic (exact) mass is 274 g/mol. The van der Waals surface area contributed by atoms with E-state index in [-0.39, 0.29) is 0 Å². The molecule has 0 atom stereocenters. The Morgan fingerprint density at radius 2 is 1.89 bits per heavy atom. The highest BCUT2D eigenvalue weighted by Gasteiger charge is 2.19. The van der Waals surface area contributed by atoms with E-state index in [0.717, 1.165) is 42.7 Å². The second-order valence-corrected chi connectivity index (χ2v) is 5.22. The highest BCUT2D eigenvalue weighted by molar-refractivity contribution is 6.68. The SMILES string of the molecule is O=C(Cl)c1cc2ccccc2nc1N1CCCCC1. The summed E-state index contributed by atoms with van der Waals surface area (Å²) in [5.41, 5.74) is 1.42. The number of benzene rings is 1. The summed E-state index contributed by atoms with van der Waals surface area (Å²) in [6, 6.07) is 9.66. The van der Waals surface area contributed by atoms with Crippen LogP contribution in [0.2, 0.25) is 0 Å². The van der Waals surface area contributed by atoms with Gasteiger partial charge in [0.15, 0.2) is 0 Å². The standard InChI is InChI=1S/C15H15ClN2O/c16-14(19)12-10-11-6-2-3-7-13(11)17-15(12)18-8-4-1-5-9-18/h2-3,6-7,10H,1,4-5,8-9H2. The molecule has 1 aliphatic rings. The van der Waals surface area contributed by atoms with E-state index in [9.17, 15) is 4.79 Å². The molecule has 0 unspecified atom stereocenters. The number of piperidine rings is 1. The highest BCUT2D eigenvalue weighted by atomic mass is 35.5. The van der Waals surface area contributed by atoms with Crippen LogP contribution in [0.5, 0.6) is 0 Å². The summed E-state index contributed by atoms with van der Waals surface area (Å²) in [4.78, 5) is 18.5. The summed E-state index contributed by atoms with van der Waals surface area (Å²) in [5.74, 6) is 0.735. The number of carbonyl (C=O) groups is 1. The van der Waals surface area contributed by atoms with E-state index in [4.69, 9.17) is 11.6 Å². The topological polar surface area (TPSA) is 33.2 Å². The Hall–Kier alpha value is -1.61. The molecule has 4 heteroatoms. The van der Waals surface area contributed by atoms with Gasteiger partial charge in [-0.1, -0.05) is 18.2 Å². The zero-order valence-electron chi connectivity index (χ0n) is 10.6. The van der Waals surface area contributed by atoms with Gasteiger partial charge in [0.25, 0.3) is 5.24 Å². The van der Waals surface area contributed by atoms with Gasteiger partial charge in [-0.25, -0.2) is 4.98 Å². The lowest BCUT2D eigenvalue weighted by atomic mass is 10.1. The van der Waals surface area contributed by atoms with Crippen molar-refractivity contribution in [2.45, 2.75) is 19.3 Å². The van der Waals surface area contributed by atoms with Gasteiger partial charge < -0.3 is 4.90 Å². The van der Waals surface area contributed by atoms with Crippen LogP contribution >= 0.6 is 11.6 Å². The fourth-order valence-electron chi connectivity index (χ4n) is 2.60. The normalized spacial score (nSPS) is 15.7. The summed E-state index contributed by atoms with van der Waals surface area (Å²) >= 11 is 5.72. The van der Waals surface area contributed by atoms with Crippen molar-refractivity contribution in [2.24, 2.45) is 0 Å². The quantitative estimate of drug-likeness (QED) is 0.785. The van der Waals surface area contributed by atoms with Crippen LogP contribution in [0.25, 0.3) is 10.9 Å². The number of carbonyl (C=O) groups excluding carboxylic acids is 1. The van der Waals surface area contributed by atoms with E-state index in [1.807, 2.05) is 30.3 Å². The molecule has 0 N–H and O–H groups in total. The smallest absolute Gasteiger partial charge is 0.256 e. The Balaban J connectivity index is 2.14. The van der Waals surface area contributed by atoms with Gasteiger partial charge >= 0.3 is 0 Å². The number of fused-ring (bicyclic) bond motifs is 1. The number of hydrogen-bond acceptors (Lipinski definition) is 3. The summed E-state index contributed by atoms with van der Waals surface area (Å²) in [6.45, 7) is 1.89. The molecule has 0 amide bonds. The predicted molar refractivity (Wildman–Crippen MR) is 78.0 cm³/mol. The van der Waals surface area contributed by atoms with Gasteiger partial charge in [-0.3, -0.25) is 4.79 Å². The fraction of sp³-hybridized carbons (Fsp3) is 0.333. The van der Waals surface area contributed by atoms with Crippen LogP contribution in [0.3, 0.4) is 0 Å². The first kappa shape index (κ1) is 12.4. The van der Waals surface area contributed by atoms with Crippen molar-refractivity contribution in [3.05, 3.63) is 35.9 Å². The molecule has 0 bridgehead atoms. The van der Waals surface area contributed by atoms with Crippen molar-refractivity contribution in [1.29, 1.82) is 0 Å². The number of rotatable bonds is 2. The molecule has 1 aromatic carbocycles. The first-order valence-corrected chi connectivity index (χ1v) is 6.98. The average molecular weight is 275 g/mol. The summed E-state index contributed by atoms with van der Waals surface area (Å²) in [6.07, 6.45) is 3.53. The fourth-order valence-corrected chi connectivity index (χ4v) is 2.74. The molecule has 1 aromatic heterocycles. The van der Waals surface area contributed by atoms with Crippen molar-refractivity contribution < 1.29 is 4.79 Å². The Labute approximate surface area is 117 Å². The van der Waals surface area contributed by atoms with E-state index in [1.165, 1.54) is 6.42 Å². The lowest BCUT2D eigenvalue weighted by Crippen LogP contribution is -2.31. The van der Waals surface area contributed by atoms with Gasteiger partial charge in [0.05, 0.1) is 11.1 Å². The molecule has 19 heavy (non-hydrogen) atoms. The van der Waals surface area contributed by atoms with Crippen LogP contribution in [-0.4, -0.2) is 23.3 Å². The number of aromatic nitrogens is 1. The Morgan fingerprint density at radius 1 is 1.16 bits per heavy atom. The molecule has 0 radical (unpaired) electrons. The van der Waals surface area contributed by atoms with Gasteiger partial charge in [0.2, 0.25) is 0 Å². The van der Waals surface area contributed by atoms with Crippen molar-refractivity contribution in [3.8, 4) is 0 Å². The summed E-state index contributed by atoms with van der Waals surface area (Å²) in [5, 5.41) is 0.520. The largest absolute Gasteiger partial charge is 0.356 e. The number of para-hydroxylation sites is 1. The van der Waals surface area contributed by atoms with Crippen LogP contribution in [0, 0.1) is 0 Å². The number of nitrogens with zero attached hydrogens (tertiary/aromatic N) is 2. The molecule has 2 heterocycles. The molecule has 2 aromatic rings. The van der Waals surface area contributed by atoms with Crippen molar-refractivity contribution in [2.75, 3.05) is 18.0 Å². The zero-order chi connectivity index (χ0) is 13.2. The van der Waals surface area contributed by atoms with Crippen molar-refractivity contribution >= 4 is 33.6 Å². The van der Waals surface area contributed by atoms with Gasteiger partial charge in [0, 0.05) is 18.5 Å². The molecule has 0 spiro atoms. The third kappa shape index (κ3) is 2.43. The number of hydrogen-bond donors (Lipinski definition) is 0. The minimum absolute atomic E-state index is 0.432. The first-order chi connectivity index (χ1) is 9.25. The zero-order valence-corrected chi connectivity index (χ0v) is 11.4. The summed E-state index contributed by atoms with van der Waals surface area (Å²) < 4.78 is 0. The van der Waals surface area contributed by atoms with E-state index < -0.39 is 5.24 Å². The Bertz CT molecular complexity index is 621. The maximum atomic E-state index is 11.7. The highest BCUT2D eigenvalue weighted by Crippen LogP contribution is 2.27. The van der Waals surface area contributed by atoms with E-state index in [1.54, 1.807) is 0 Å². The van der Waals surface area contributed by atoms with Crippen LogP contribution < -0.4 is 4.90 Å². The maximum absolute atomic E-state index is 11.7. The second-order valence-electron chi connectivity index (χ2n) is 4.87. The van der Waals surface area contributed by atoms with Gasteiger partial charge in [-0.15, -0.1) is 0 Å². The van der Waals surface area contributed by atoms with Crippen LogP contribution in [0.1, 0.15) is 29.6 Å². The average Bonchev–Trinajstić information content (AvgIpc) is 2.46. The van der Waals surface area contributed by atoms with Gasteiger partial charge in [0.1, 0.15) is 5.82 Å². The molecule has 3 rings (SSSR count). The predicted octanol–water partition coefficient (Wildman–Crippen LogP) is 3.60. The number of pyridine rings is 1. The third-order valence-electron chi connectivity index (χ3n) is 3.57. The van der Waals surface area contributed by atoms with E-state index in [2.05, 4.69) is 9.88 Å². The first-order valence-electron chi connectivity index (χ1n) is 6.60. The second kappa shape index (κ2) is 5.17. The van der Waals surface area contributed by atoms with Gasteiger partial charge in [-0.2, -0.15) is 0 Å². The molecule has 0 aliphatic carbocycles. The van der Waals surface area contributed by atoms with Gasteiger partial charge in [-0.05, 0) is 43.0 Å². The van der Waals surface area contributed by atoms with Crippen molar-refractivity contribution in [1.82, 2.24) is 4.98 Å². The summed E-state index contributed by atoms with van der Waals surface area (Å²) in [7, 11) is 0. The minimum atomic E-state index is -0.432. The van der Waals surface area contributed by atoms with E-state index >= 15 is 0 Å². The van der Waals surface area contributed by atoms with Crippen molar-refractivity contribution in [3.63, 3.8) is 0 Å². The molecular formula is C15H15ClN2O. The molecule has 0 saturated carbocycles. The molecule has 98 valence electrons. The molecule has 3 nitrogen and oxygen atoms in total. The Kier molecular flexibility index (Phi) is 3.38. The Morgan fingerprint density at radius 3 is 2.63 bits per heavy atom. The van der Waals surface area contributed by atoms with Crippen LogP contribution in [-0.2, 0) is 0 Å². The van der Waals surface area contributed by atoms with Crippen LogP contribution in [0.4, 0.5) is 5.82 Å². The number of halogens is 1. The minimum Gasteiger partial charge on any atom is -0.356 e. The van der Waals surface area contributed by atoms with E-state index in [0.29, 0.717) is 5.56 Å². The molecular weight excluding hydrogens is 260 g/mol. The molecule has 1 fully saturated rings. The lowest BCUT2D eigenvalue weighted by molar-refractivity contribution is 0.108. The molecule has 1 aliphatic heterocycles. The lowest BCUT2D eigenvalue weighted by Gasteiger charge is -2.29. The number of anilines is 1. The molecule has 1 saturated heterocycles.